The van der Waals surface area contributed by atoms with Gasteiger partial charge in [0.25, 0.3) is 5.91 Å². The van der Waals surface area contributed by atoms with Gasteiger partial charge in [0.05, 0.1) is 16.7 Å². The topological polar surface area (TPSA) is 69.1 Å². The second-order valence-electron chi connectivity index (χ2n) is 10.3. The SMILES string of the molecule is CCc1ccc2cc(-c3nc4cc5c(cc4n3C)CCN(C[C@@H](C)N)C5=O)n(CC3CC3)c2c1. The molecule has 1 saturated carbocycles. The fraction of sp³-hybridized carbons (Fsp3) is 0.429. The average Bonchev–Trinajstić information content (AvgIpc) is 3.50. The maximum absolute atomic E-state index is 13.1. The normalized spacial score (nSPS) is 17.1. The Morgan fingerprint density at radius 3 is 2.71 bits per heavy atom. The van der Waals surface area contributed by atoms with E-state index in [9.17, 15) is 4.79 Å². The van der Waals surface area contributed by atoms with Crippen LogP contribution in [0.3, 0.4) is 0 Å². The number of hydrogen-bond acceptors (Lipinski definition) is 3. The first-order valence-corrected chi connectivity index (χ1v) is 12.6. The number of nitrogens with zero attached hydrogens (tertiary/aromatic N) is 4. The molecule has 4 aromatic rings. The van der Waals surface area contributed by atoms with Crippen molar-refractivity contribution >= 4 is 27.8 Å². The van der Waals surface area contributed by atoms with Crippen LogP contribution in [-0.4, -0.2) is 44.1 Å². The summed E-state index contributed by atoms with van der Waals surface area (Å²) in [4.78, 5) is 20.1. The molecule has 1 amide bonds. The molecule has 2 aromatic carbocycles. The maximum atomic E-state index is 13.1. The first kappa shape index (κ1) is 21.4. The fourth-order valence-electron chi connectivity index (χ4n) is 5.43. The van der Waals surface area contributed by atoms with E-state index in [1.54, 1.807) is 0 Å². The molecule has 0 bridgehead atoms. The Kier molecular flexibility index (Phi) is 5.03. The molecule has 2 aliphatic rings. The quantitative estimate of drug-likeness (QED) is 0.465. The zero-order chi connectivity index (χ0) is 23.6. The van der Waals surface area contributed by atoms with Gasteiger partial charge < -0.3 is 19.8 Å². The Morgan fingerprint density at radius 1 is 1.15 bits per heavy atom. The van der Waals surface area contributed by atoms with Gasteiger partial charge in [0.1, 0.15) is 0 Å². The van der Waals surface area contributed by atoms with Crippen LogP contribution in [0.5, 0.6) is 0 Å². The van der Waals surface area contributed by atoms with E-state index in [0.717, 1.165) is 65.5 Å². The summed E-state index contributed by atoms with van der Waals surface area (Å²) in [5, 5.41) is 1.26. The molecule has 2 aromatic heterocycles. The van der Waals surface area contributed by atoms with E-state index < -0.39 is 0 Å². The summed E-state index contributed by atoms with van der Waals surface area (Å²) >= 11 is 0. The van der Waals surface area contributed by atoms with Crippen LogP contribution in [0, 0.1) is 5.92 Å². The minimum atomic E-state index is -0.0303. The van der Waals surface area contributed by atoms with Gasteiger partial charge in [-0.05, 0) is 73.9 Å². The van der Waals surface area contributed by atoms with E-state index in [2.05, 4.69) is 53.4 Å². The van der Waals surface area contributed by atoms with Crippen molar-refractivity contribution < 1.29 is 4.79 Å². The minimum absolute atomic E-state index is 0.0303. The number of rotatable bonds is 6. The molecule has 1 aliphatic carbocycles. The summed E-state index contributed by atoms with van der Waals surface area (Å²) in [7, 11) is 2.10. The molecular weight excluding hydrogens is 422 g/mol. The van der Waals surface area contributed by atoms with Crippen molar-refractivity contribution in [3.05, 3.63) is 53.1 Å². The number of hydrogen-bond donors (Lipinski definition) is 1. The van der Waals surface area contributed by atoms with Crippen LogP contribution >= 0.6 is 0 Å². The van der Waals surface area contributed by atoms with Crippen LogP contribution in [0.4, 0.5) is 0 Å². The molecule has 176 valence electrons. The summed E-state index contributed by atoms with van der Waals surface area (Å²) in [6.07, 6.45) is 4.50. The number of imidazole rings is 1. The zero-order valence-electron chi connectivity index (χ0n) is 20.3. The lowest BCUT2D eigenvalue weighted by Crippen LogP contribution is -2.43. The lowest BCUT2D eigenvalue weighted by atomic mass is 9.97. The van der Waals surface area contributed by atoms with E-state index in [1.807, 2.05) is 17.9 Å². The van der Waals surface area contributed by atoms with Crippen molar-refractivity contribution in [3.63, 3.8) is 0 Å². The zero-order valence-corrected chi connectivity index (χ0v) is 20.3. The van der Waals surface area contributed by atoms with Crippen molar-refractivity contribution in [2.45, 2.75) is 52.1 Å². The highest BCUT2D eigenvalue weighted by atomic mass is 16.2. The summed E-state index contributed by atoms with van der Waals surface area (Å²) < 4.78 is 4.68. The molecule has 34 heavy (non-hydrogen) atoms. The monoisotopic (exact) mass is 455 g/mol. The molecular formula is C28H33N5O. The number of fused-ring (bicyclic) bond motifs is 3. The second-order valence-corrected chi connectivity index (χ2v) is 10.3. The number of benzene rings is 2. The van der Waals surface area contributed by atoms with Crippen LogP contribution in [0.15, 0.2) is 36.4 Å². The Bertz CT molecular complexity index is 1420. The Labute approximate surface area is 200 Å². The predicted octanol–water partition coefficient (Wildman–Crippen LogP) is 4.51. The predicted molar refractivity (Wildman–Crippen MR) is 137 cm³/mol. The van der Waals surface area contributed by atoms with E-state index in [4.69, 9.17) is 10.7 Å². The van der Waals surface area contributed by atoms with Gasteiger partial charge in [-0.2, -0.15) is 0 Å². The lowest BCUT2D eigenvalue weighted by Gasteiger charge is -2.29. The number of carbonyl (C=O) groups is 1. The standard InChI is InChI=1S/C28H33N5O/c1-4-18-7-8-21-13-26(33(24(21)11-18)16-19-5-6-19)27-30-23-14-22-20(12-25(23)31(27)3)9-10-32(28(22)34)15-17(2)29/h7-8,11-14,17,19H,4-6,9-10,15-16,29H2,1-3H3/t17-/m1/s1. The summed E-state index contributed by atoms with van der Waals surface area (Å²) in [5.74, 6) is 1.80. The van der Waals surface area contributed by atoms with Gasteiger partial charge in [-0.1, -0.05) is 19.1 Å². The van der Waals surface area contributed by atoms with Gasteiger partial charge in [-0.15, -0.1) is 0 Å². The fourth-order valence-corrected chi connectivity index (χ4v) is 5.43. The van der Waals surface area contributed by atoms with Crippen LogP contribution in [-0.2, 0) is 26.4 Å². The molecule has 1 atom stereocenters. The molecule has 1 fully saturated rings. The van der Waals surface area contributed by atoms with Crippen molar-refractivity contribution in [3.8, 4) is 11.5 Å². The minimum Gasteiger partial charge on any atom is -0.338 e. The molecule has 6 rings (SSSR count). The number of carbonyl (C=O) groups excluding carboxylic acids is 1. The van der Waals surface area contributed by atoms with E-state index in [1.165, 1.54) is 29.3 Å². The average molecular weight is 456 g/mol. The third-order valence-corrected chi connectivity index (χ3v) is 7.53. The van der Waals surface area contributed by atoms with Crippen molar-refractivity contribution in [2.75, 3.05) is 13.1 Å². The largest absolute Gasteiger partial charge is 0.338 e. The Balaban J connectivity index is 1.48. The van der Waals surface area contributed by atoms with Crippen LogP contribution in [0.25, 0.3) is 33.5 Å². The Morgan fingerprint density at radius 2 is 1.97 bits per heavy atom. The molecule has 6 nitrogen and oxygen atoms in total. The van der Waals surface area contributed by atoms with Crippen molar-refractivity contribution in [1.82, 2.24) is 19.0 Å². The van der Waals surface area contributed by atoms with Crippen LogP contribution < -0.4 is 5.73 Å². The molecule has 0 saturated heterocycles. The molecule has 0 unspecified atom stereocenters. The molecule has 1 aliphatic heterocycles. The first-order valence-electron chi connectivity index (χ1n) is 12.6. The molecule has 2 N–H and O–H groups in total. The maximum Gasteiger partial charge on any atom is 0.254 e. The third kappa shape index (κ3) is 3.52. The number of aryl methyl sites for hydroxylation is 2. The van der Waals surface area contributed by atoms with Crippen LogP contribution in [0.1, 0.15) is 48.2 Å². The van der Waals surface area contributed by atoms with Crippen molar-refractivity contribution in [2.24, 2.45) is 18.7 Å². The Hall–Kier alpha value is -3.12. The van der Waals surface area contributed by atoms with Crippen LogP contribution in [0.2, 0.25) is 0 Å². The van der Waals surface area contributed by atoms with E-state index in [-0.39, 0.29) is 11.9 Å². The highest BCUT2D eigenvalue weighted by molar-refractivity contribution is 6.00. The number of amides is 1. The molecule has 0 spiro atoms. The first-order chi connectivity index (χ1) is 16.4. The highest BCUT2D eigenvalue weighted by Crippen LogP contribution is 2.37. The molecule has 6 heteroatoms. The van der Waals surface area contributed by atoms with Gasteiger partial charge in [0.2, 0.25) is 0 Å². The summed E-state index contributed by atoms with van der Waals surface area (Å²) in [5.41, 5.74) is 13.6. The van der Waals surface area contributed by atoms with Gasteiger partial charge in [0.15, 0.2) is 5.82 Å². The van der Waals surface area contributed by atoms with Gasteiger partial charge >= 0.3 is 0 Å². The molecule has 3 heterocycles. The van der Waals surface area contributed by atoms with E-state index in [0.29, 0.717) is 6.54 Å². The number of aromatic nitrogens is 3. The number of nitrogens with two attached hydrogens (primary N) is 1. The summed E-state index contributed by atoms with van der Waals surface area (Å²) in [6, 6.07) is 13.2. The highest BCUT2D eigenvalue weighted by Gasteiger charge is 2.28. The summed E-state index contributed by atoms with van der Waals surface area (Å²) in [6.45, 7) is 6.50. The smallest absolute Gasteiger partial charge is 0.254 e. The van der Waals surface area contributed by atoms with E-state index >= 15 is 0 Å². The van der Waals surface area contributed by atoms with Gasteiger partial charge in [-0.3, -0.25) is 4.79 Å². The van der Waals surface area contributed by atoms with Crippen molar-refractivity contribution in [1.29, 1.82) is 0 Å². The third-order valence-electron chi connectivity index (χ3n) is 7.53. The lowest BCUT2D eigenvalue weighted by molar-refractivity contribution is 0.0732. The molecule has 0 radical (unpaired) electrons. The second kappa shape index (κ2) is 7.98. The van der Waals surface area contributed by atoms with Gasteiger partial charge in [0, 0.05) is 49.2 Å². The van der Waals surface area contributed by atoms with Gasteiger partial charge in [-0.25, -0.2) is 4.98 Å².